The fraction of sp³-hybridized carbons (Fsp3) is 0.250. The summed E-state index contributed by atoms with van der Waals surface area (Å²) in [5.41, 5.74) is 1.70. The van der Waals surface area contributed by atoms with Crippen LogP contribution in [0.2, 0.25) is 0 Å². The highest BCUT2D eigenvalue weighted by molar-refractivity contribution is 5.43. The smallest absolute Gasteiger partial charge is 0.223 e. The molecule has 5 heteroatoms. The van der Waals surface area contributed by atoms with Crippen LogP contribution in [0.4, 0.5) is 0 Å². The van der Waals surface area contributed by atoms with Crippen LogP contribution >= 0.6 is 0 Å². The van der Waals surface area contributed by atoms with Crippen LogP contribution in [0, 0.1) is 0 Å². The molecule has 0 aliphatic heterocycles. The number of aromatic nitrogens is 3. The molecule has 1 aromatic heterocycles. The van der Waals surface area contributed by atoms with Gasteiger partial charge < -0.3 is 0 Å². The molecule has 1 heterocycles. The van der Waals surface area contributed by atoms with E-state index in [0.717, 1.165) is 24.1 Å². The standard InChI is InChI=1S/C12H10N4O/c17-9-14-12(5-6-12)10-1-3-11(4-2-10)16-8-13-7-15-16/h1-4,7-8H,5-6H2. The molecule has 17 heavy (non-hydrogen) atoms. The Morgan fingerprint density at radius 1 is 1.29 bits per heavy atom. The topological polar surface area (TPSA) is 60.1 Å². The van der Waals surface area contributed by atoms with Crippen LogP contribution in [-0.4, -0.2) is 20.8 Å². The Hall–Kier alpha value is -2.26. The van der Waals surface area contributed by atoms with Gasteiger partial charge in [-0.1, -0.05) is 12.1 Å². The summed E-state index contributed by atoms with van der Waals surface area (Å²) in [6.07, 6.45) is 6.64. The van der Waals surface area contributed by atoms with Crippen molar-refractivity contribution < 1.29 is 4.79 Å². The second-order valence-corrected chi connectivity index (χ2v) is 4.12. The van der Waals surface area contributed by atoms with E-state index in [4.69, 9.17) is 0 Å². The lowest BCUT2D eigenvalue weighted by atomic mass is 10.1. The molecule has 0 atom stereocenters. The largest absolute Gasteiger partial charge is 0.235 e. The summed E-state index contributed by atoms with van der Waals surface area (Å²) in [7, 11) is 0. The summed E-state index contributed by atoms with van der Waals surface area (Å²) in [5.74, 6) is 0. The Kier molecular flexibility index (Phi) is 2.13. The summed E-state index contributed by atoms with van der Waals surface area (Å²) in [4.78, 5) is 18.2. The van der Waals surface area contributed by atoms with Crippen LogP contribution < -0.4 is 0 Å². The predicted molar refractivity (Wildman–Crippen MR) is 60.4 cm³/mol. The summed E-state index contributed by atoms with van der Waals surface area (Å²) >= 11 is 0. The Balaban J connectivity index is 1.93. The molecule has 1 aliphatic carbocycles. The van der Waals surface area contributed by atoms with Crippen LogP contribution in [0.1, 0.15) is 18.4 Å². The van der Waals surface area contributed by atoms with Gasteiger partial charge in [-0.15, -0.1) is 0 Å². The van der Waals surface area contributed by atoms with Gasteiger partial charge in [0.25, 0.3) is 0 Å². The Bertz CT molecular complexity index is 563. The van der Waals surface area contributed by atoms with Gasteiger partial charge in [0, 0.05) is 0 Å². The third-order valence-corrected chi connectivity index (χ3v) is 3.07. The van der Waals surface area contributed by atoms with E-state index in [1.165, 1.54) is 6.33 Å². The summed E-state index contributed by atoms with van der Waals surface area (Å²) in [6, 6.07) is 7.85. The van der Waals surface area contributed by atoms with Gasteiger partial charge in [0.1, 0.15) is 12.7 Å². The number of rotatable bonds is 3. The maximum Gasteiger partial charge on any atom is 0.235 e. The van der Waals surface area contributed by atoms with Gasteiger partial charge in [0.05, 0.1) is 11.2 Å². The molecule has 1 fully saturated rings. The average Bonchev–Trinajstić information content (AvgIpc) is 2.94. The highest BCUT2D eigenvalue weighted by Crippen LogP contribution is 2.49. The number of aliphatic imine (C=N–C) groups is 1. The lowest BCUT2D eigenvalue weighted by Crippen LogP contribution is -2.03. The van der Waals surface area contributed by atoms with E-state index in [0.29, 0.717) is 0 Å². The number of nitrogens with zero attached hydrogens (tertiary/aromatic N) is 4. The summed E-state index contributed by atoms with van der Waals surface area (Å²) in [5, 5.41) is 4.05. The zero-order valence-corrected chi connectivity index (χ0v) is 9.08. The monoisotopic (exact) mass is 226 g/mol. The van der Waals surface area contributed by atoms with E-state index >= 15 is 0 Å². The minimum atomic E-state index is -0.303. The molecular weight excluding hydrogens is 216 g/mol. The molecule has 1 aromatic carbocycles. The number of benzene rings is 1. The van der Waals surface area contributed by atoms with Gasteiger partial charge in [-0.3, -0.25) is 0 Å². The molecule has 0 radical (unpaired) electrons. The van der Waals surface area contributed by atoms with Crippen molar-refractivity contribution in [2.45, 2.75) is 18.4 Å². The third kappa shape index (κ3) is 1.66. The maximum absolute atomic E-state index is 10.4. The number of hydrogen-bond donors (Lipinski definition) is 0. The second-order valence-electron chi connectivity index (χ2n) is 4.12. The zero-order valence-electron chi connectivity index (χ0n) is 9.08. The molecule has 1 saturated carbocycles. The Morgan fingerprint density at radius 2 is 2.06 bits per heavy atom. The molecule has 0 bridgehead atoms. The first-order valence-corrected chi connectivity index (χ1v) is 5.39. The van der Waals surface area contributed by atoms with Crippen LogP contribution in [0.25, 0.3) is 5.69 Å². The van der Waals surface area contributed by atoms with Crippen molar-refractivity contribution in [3.05, 3.63) is 42.5 Å². The van der Waals surface area contributed by atoms with E-state index in [-0.39, 0.29) is 5.54 Å². The Labute approximate surface area is 97.8 Å². The molecule has 1 aliphatic rings. The zero-order chi connectivity index (χ0) is 11.7. The van der Waals surface area contributed by atoms with Crippen LogP contribution in [0.3, 0.4) is 0 Å². The normalized spacial score (nSPS) is 16.2. The van der Waals surface area contributed by atoms with Crippen LogP contribution in [0.5, 0.6) is 0 Å². The van der Waals surface area contributed by atoms with Crippen molar-refractivity contribution in [1.82, 2.24) is 14.8 Å². The van der Waals surface area contributed by atoms with Crippen molar-refractivity contribution in [2.75, 3.05) is 0 Å². The number of hydrogen-bond acceptors (Lipinski definition) is 4. The molecule has 0 N–H and O–H groups in total. The third-order valence-electron chi connectivity index (χ3n) is 3.07. The molecule has 0 saturated heterocycles. The molecule has 3 rings (SSSR count). The maximum atomic E-state index is 10.4. The highest BCUT2D eigenvalue weighted by Gasteiger charge is 2.44. The van der Waals surface area contributed by atoms with E-state index in [1.54, 1.807) is 17.1 Å². The van der Waals surface area contributed by atoms with Crippen molar-refractivity contribution >= 4 is 6.08 Å². The van der Waals surface area contributed by atoms with Gasteiger partial charge in [-0.05, 0) is 30.5 Å². The van der Waals surface area contributed by atoms with Gasteiger partial charge in [-0.2, -0.15) is 10.1 Å². The lowest BCUT2D eigenvalue weighted by Gasteiger charge is -2.08. The fourth-order valence-electron chi connectivity index (χ4n) is 1.94. The second kappa shape index (κ2) is 3.64. The van der Waals surface area contributed by atoms with E-state index in [1.807, 2.05) is 24.3 Å². The molecule has 2 aromatic rings. The lowest BCUT2D eigenvalue weighted by molar-refractivity contribution is 0.556. The SMILES string of the molecule is O=C=NC1(c2ccc(-n3cncn3)cc2)CC1. The van der Waals surface area contributed by atoms with Crippen molar-refractivity contribution in [3.63, 3.8) is 0 Å². The van der Waals surface area contributed by atoms with E-state index in [2.05, 4.69) is 15.1 Å². The fourth-order valence-corrected chi connectivity index (χ4v) is 1.94. The van der Waals surface area contributed by atoms with Crippen LogP contribution in [-0.2, 0) is 10.3 Å². The first kappa shape index (κ1) is 9.93. The quantitative estimate of drug-likeness (QED) is 0.589. The molecule has 0 unspecified atom stereocenters. The minimum Gasteiger partial charge on any atom is -0.223 e. The molecule has 0 amide bonds. The molecular formula is C12H10N4O. The van der Waals surface area contributed by atoms with E-state index in [9.17, 15) is 4.79 Å². The summed E-state index contributed by atoms with van der Waals surface area (Å²) < 4.78 is 1.69. The van der Waals surface area contributed by atoms with E-state index < -0.39 is 0 Å². The van der Waals surface area contributed by atoms with Crippen molar-refractivity contribution in [1.29, 1.82) is 0 Å². The van der Waals surface area contributed by atoms with Gasteiger partial charge in [0.2, 0.25) is 6.08 Å². The first-order valence-electron chi connectivity index (χ1n) is 5.39. The molecule has 5 nitrogen and oxygen atoms in total. The highest BCUT2D eigenvalue weighted by atomic mass is 16.1. The number of isocyanates is 1. The van der Waals surface area contributed by atoms with Crippen LogP contribution in [0.15, 0.2) is 41.9 Å². The van der Waals surface area contributed by atoms with Gasteiger partial charge in [-0.25, -0.2) is 14.5 Å². The molecule has 0 spiro atoms. The van der Waals surface area contributed by atoms with Gasteiger partial charge in [0.15, 0.2) is 0 Å². The summed E-state index contributed by atoms with van der Waals surface area (Å²) in [6.45, 7) is 0. The van der Waals surface area contributed by atoms with Gasteiger partial charge >= 0.3 is 0 Å². The Morgan fingerprint density at radius 3 is 2.59 bits per heavy atom. The first-order chi connectivity index (χ1) is 8.34. The molecule has 84 valence electrons. The minimum absolute atomic E-state index is 0.303. The number of carbonyl (C=O) groups excluding carboxylic acids is 1. The van der Waals surface area contributed by atoms with Crippen molar-refractivity contribution in [2.24, 2.45) is 4.99 Å². The van der Waals surface area contributed by atoms with Crippen molar-refractivity contribution in [3.8, 4) is 5.69 Å². The average molecular weight is 226 g/mol. The predicted octanol–water partition coefficient (Wildman–Crippen LogP) is 1.59.